The summed E-state index contributed by atoms with van der Waals surface area (Å²) in [4.78, 5) is 1.67. The van der Waals surface area contributed by atoms with Crippen LogP contribution in [0.15, 0.2) is 95.0 Å². The van der Waals surface area contributed by atoms with Crippen LogP contribution in [-0.2, 0) is 9.47 Å². The van der Waals surface area contributed by atoms with Gasteiger partial charge in [-0.05, 0) is 62.7 Å². The predicted molar refractivity (Wildman–Crippen MR) is 161 cm³/mol. The van der Waals surface area contributed by atoms with Gasteiger partial charge in [-0.2, -0.15) is 15.8 Å². The SMILES string of the molecule is CCNC1C=C(OC(C)C)C(/C=C/c2ccc(/C=C/C(=C(\C#N)C(OC(F)(F)F)=C(C#N)C#N)c3ccccc3)s2)=CC1. The second kappa shape index (κ2) is 15.4. The number of thiophene rings is 1. The molecule has 3 rings (SSSR count). The van der Waals surface area contributed by atoms with Crippen molar-refractivity contribution in [1.82, 2.24) is 5.32 Å². The summed E-state index contributed by atoms with van der Waals surface area (Å²) in [6.45, 7) is 6.85. The van der Waals surface area contributed by atoms with Gasteiger partial charge in [0.2, 0.25) is 0 Å². The van der Waals surface area contributed by atoms with Gasteiger partial charge in [0, 0.05) is 26.9 Å². The molecule has 0 saturated heterocycles. The third-order valence-corrected chi connectivity index (χ3v) is 6.92. The van der Waals surface area contributed by atoms with Gasteiger partial charge < -0.3 is 14.8 Å². The van der Waals surface area contributed by atoms with Gasteiger partial charge in [0.05, 0.1) is 6.10 Å². The Labute approximate surface area is 253 Å². The first kappa shape index (κ1) is 32.7. The molecule has 10 heteroatoms. The Balaban J connectivity index is 1.98. The number of nitriles is 3. The molecule has 1 heterocycles. The van der Waals surface area contributed by atoms with Crippen LogP contribution in [0.4, 0.5) is 13.2 Å². The lowest BCUT2D eigenvalue weighted by atomic mass is 9.97. The molecular weight excluding hydrogens is 573 g/mol. The fraction of sp³-hybridized carbons (Fsp3) is 0.242. The largest absolute Gasteiger partial charge is 0.573 e. The molecule has 1 unspecified atom stereocenters. The summed E-state index contributed by atoms with van der Waals surface area (Å²) in [5.74, 6) is -0.344. The number of hydrogen-bond acceptors (Lipinski definition) is 7. The van der Waals surface area contributed by atoms with E-state index >= 15 is 0 Å². The summed E-state index contributed by atoms with van der Waals surface area (Å²) in [6.07, 6.45) is 6.90. The summed E-state index contributed by atoms with van der Waals surface area (Å²) in [7, 11) is 0. The van der Waals surface area contributed by atoms with Gasteiger partial charge in [0.1, 0.15) is 29.5 Å². The van der Waals surface area contributed by atoms with E-state index < -0.39 is 23.3 Å². The zero-order valence-electron chi connectivity index (χ0n) is 23.8. The first-order chi connectivity index (χ1) is 20.6. The molecule has 0 fully saturated rings. The van der Waals surface area contributed by atoms with Gasteiger partial charge in [-0.1, -0.05) is 55.5 Å². The predicted octanol–water partition coefficient (Wildman–Crippen LogP) is 8.21. The Morgan fingerprint density at radius 1 is 1.02 bits per heavy atom. The minimum atomic E-state index is -5.23. The van der Waals surface area contributed by atoms with Gasteiger partial charge >= 0.3 is 6.36 Å². The molecule has 1 N–H and O–H groups in total. The first-order valence-corrected chi connectivity index (χ1v) is 14.2. The topological polar surface area (TPSA) is 102 Å². The standard InChI is InChI=1S/C33H29F3N4O2S/c1-4-40-26-12-10-24(31(18-26)41-22(2)3)11-13-27-14-15-28(43-27)16-17-29(23-8-6-5-7-9-23)30(21-39)32(25(19-37)20-38)42-33(34,35)36/h5-11,13-18,22,26,40H,4,12H2,1-3H3/b13-11+,17-16+,30-29-. The number of alkyl halides is 3. The van der Waals surface area contributed by atoms with Crippen LogP contribution in [0.25, 0.3) is 17.7 Å². The first-order valence-electron chi connectivity index (χ1n) is 13.4. The Bertz CT molecular complexity index is 1590. The van der Waals surface area contributed by atoms with E-state index in [0.717, 1.165) is 34.1 Å². The maximum absolute atomic E-state index is 13.3. The van der Waals surface area contributed by atoms with Gasteiger partial charge in [0.15, 0.2) is 11.3 Å². The van der Waals surface area contributed by atoms with Crippen molar-refractivity contribution in [2.45, 2.75) is 45.7 Å². The third-order valence-electron chi connectivity index (χ3n) is 5.91. The van der Waals surface area contributed by atoms with Crippen molar-refractivity contribution in [3.8, 4) is 18.2 Å². The second-order valence-electron chi connectivity index (χ2n) is 9.41. The molecule has 1 aromatic carbocycles. The molecule has 0 bridgehead atoms. The average molecular weight is 603 g/mol. The smallest absolute Gasteiger partial charge is 0.491 e. The molecule has 1 aliphatic rings. The van der Waals surface area contributed by atoms with E-state index in [-0.39, 0.29) is 17.7 Å². The Hall–Kier alpha value is -4.82. The highest BCUT2D eigenvalue weighted by Gasteiger charge is 2.35. The Morgan fingerprint density at radius 3 is 2.28 bits per heavy atom. The molecule has 43 heavy (non-hydrogen) atoms. The summed E-state index contributed by atoms with van der Waals surface area (Å²) in [5, 5.41) is 31.9. The van der Waals surface area contributed by atoms with E-state index in [0.29, 0.717) is 5.56 Å². The molecule has 1 aromatic heterocycles. The number of nitrogens with one attached hydrogen (secondary N) is 1. The monoisotopic (exact) mass is 602 g/mol. The maximum Gasteiger partial charge on any atom is 0.573 e. The van der Waals surface area contributed by atoms with Crippen molar-refractivity contribution < 1.29 is 22.6 Å². The number of benzene rings is 1. The highest BCUT2D eigenvalue weighted by molar-refractivity contribution is 7.13. The molecule has 0 spiro atoms. The fourth-order valence-corrected chi connectivity index (χ4v) is 4.96. The molecule has 0 aliphatic heterocycles. The van der Waals surface area contributed by atoms with Crippen molar-refractivity contribution >= 4 is 29.1 Å². The van der Waals surface area contributed by atoms with E-state index in [1.165, 1.54) is 29.6 Å². The lowest BCUT2D eigenvalue weighted by molar-refractivity contribution is -0.303. The number of allylic oxidation sites excluding steroid dienone is 5. The van der Waals surface area contributed by atoms with E-state index in [2.05, 4.69) is 29.1 Å². The van der Waals surface area contributed by atoms with Crippen molar-refractivity contribution in [1.29, 1.82) is 15.8 Å². The number of ether oxygens (including phenoxy) is 2. The van der Waals surface area contributed by atoms with Crippen molar-refractivity contribution in [2.24, 2.45) is 0 Å². The van der Waals surface area contributed by atoms with Crippen LogP contribution in [0.5, 0.6) is 0 Å². The quantitative estimate of drug-likeness (QED) is 0.158. The van der Waals surface area contributed by atoms with E-state index in [9.17, 15) is 29.0 Å². The van der Waals surface area contributed by atoms with Crippen molar-refractivity contribution in [3.05, 3.63) is 110 Å². The van der Waals surface area contributed by atoms with E-state index in [1.54, 1.807) is 42.5 Å². The van der Waals surface area contributed by atoms with Gasteiger partial charge in [-0.25, -0.2) is 0 Å². The maximum atomic E-state index is 13.3. The van der Waals surface area contributed by atoms with Crippen LogP contribution in [0.1, 0.15) is 42.5 Å². The van der Waals surface area contributed by atoms with Crippen LogP contribution in [0.3, 0.4) is 0 Å². The molecule has 0 radical (unpaired) electrons. The summed E-state index contributed by atoms with van der Waals surface area (Å²) in [5.41, 5.74) is -0.146. The van der Waals surface area contributed by atoms with Gasteiger partial charge in [-0.3, -0.25) is 0 Å². The molecular formula is C33H29F3N4O2S. The lowest BCUT2D eigenvalue weighted by Gasteiger charge is -2.23. The number of hydrogen-bond donors (Lipinski definition) is 1. The summed E-state index contributed by atoms with van der Waals surface area (Å²) >= 11 is 1.43. The van der Waals surface area contributed by atoms with E-state index in [4.69, 9.17) is 4.74 Å². The highest BCUT2D eigenvalue weighted by atomic mass is 32.1. The second-order valence-corrected chi connectivity index (χ2v) is 10.6. The molecule has 0 saturated carbocycles. The van der Waals surface area contributed by atoms with Crippen LogP contribution in [0, 0.1) is 34.0 Å². The minimum absolute atomic E-state index is 0.0151. The fourth-order valence-electron chi connectivity index (χ4n) is 4.15. The number of halogens is 3. The lowest BCUT2D eigenvalue weighted by Crippen LogP contribution is -2.29. The molecule has 0 amide bonds. The summed E-state index contributed by atoms with van der Waals surface area (Å²) < 4.78 is 49.8. The van der Waals surface area contributed by atoms with Gasteiger partial charge in [0.25, 0.3) is 0 Å². The zero-order chi connectivity index (χ0) is 31.4. The van der Waals surface area contributed by atoms with Crippen LogP contribution in [0.2, 0.25) is 0 Å². The number of rotatable bonds is 11. The number of nitrogens with zero attached hydrogens (tertiary/aromatic N) is 3. The Morgan fingerprint density at radius 2 is 1.70 bits per heavy atom. The molecule has 1 aliphatic carbocycles. The van der Waals surface area contributed by atoms with Crippen LogP contribution in [-0.4, -0.2) is 25.1 Å². The molecule has 6 nitrogen and oxygen atoms in total. The highest BCUT2D eigenvalue weighted by Crippen LogP contribution is 2.33. The minimum Gasteiger partial charge on any atom is -0.491 e. The normalized spacial score (nSPS) is 15.7. The summed E-state index contributed by atoms with van der Waals surface area (Å²) in [6, 6.07) is 16.7. The Kier molecular flexibility index (Phi) is 11.7. The van der Waals surface area contributed by atoms with Crippen LogP contribution < -0.4 is 5.32 Å². The third kappa shape index (κ3) is 9.61. The zero-order valence-corrected chi connectivity index (χ0v) is 24.6. The number of likely N-dealkylation sites (N-methyl/N-ethyl adjacent to an activating group) is 1. The van der Waals surface area contributed by atoms with E-state index in [1.807, 2.05) is 38.1 Å². The molecule has 1 atom stereocenters. The van der Waals surface area contributed by atoms with Gasteiger partial charge in [-0.15, -0.1) is 24.5 Å². The van der Waals surface area contributed by atoms with Crippen molar-refractivity contribution in [2.75, 3.05) is 6.54 Å². The van der Waals surface area contributed by atoms with Crippen LogP contribution >= 0.6 is 11.3 Å². The molecule has 2 aromatic rings. The van der Waals surface area contributed by atoms with Crippen molar-refractivity contribution in [3.63, 3.8) is 0 Å². The molecule has 220 valence electrons. The average Bonchev–Trinajstić information content (AvgIpc) is 3.42.